The quantitative estimate of drug-likeness (QED) is 0.359. The number of nitrogens with one attached hydrogen (secondary N) is 1. The number of nitrogens with zero attached hydrogens (tertiary/aromatic N) is 1. The van der Waals surface area contributed by atoms with Crippen molar-refractivity contribution in [2.45, 2.75) is 26.9 Å². The molecule has 0 spiro atoms. The van der Waals surface area contributed by atoms with Crippen LogP contribution in [0.5, 0.6) is 11.5 Å². The minimum Gasteiger partial charge on any atom is -0.496 e. The minimum atomic E-state index is -0.128. The summed E-state index contributed by atoms with van der Waals surface area (Å²) in [6, 6.07) is 22.9. The molecule has 34 heavy (non-hydrogen) atoms. The van der Waals surface area contributed by atoms with Crippen molar-refractivity contribution in [1.29, 1.82) is 0 Å². The molecular weight excluding hydrogens is 428 g/mol. The number of carbonyl (C=O) groups excluding carboxylic acids is 1. The molecule has 4 rings (SSSR count). The van der Waals surface area contributed by atoms with Gasteiger partial charge in [-0.15, -0.1) is 0 Å². The number of oxazole rings is 1. The van der Waals surface area contributed by atoms with Crippen LogP contribution in [0.1, 0.15) is 32.9 Å². The highest BCUT2D eigenvalue weighted by atomic mass is 16.5. The predicted octanol–water partition coefficient (Wildman–Crippen LogP) is 5.52. The summed E-state index contributed by atoms with van der Waals surface area (Å²) in [4.78, 5) is 17.1. The zero-order valence-electron chi connectivity index (χ0n) is 19.6. The fourth-order valence-electron chi connectivity index (χ4n) is 3.56. The minimum absolute atomic E-state index is 0.128. The zero-order chi connectivity index (χ0) is 23.9. The van der Waals surface area contributed by atoms with E-state index in [0.29, 0.717) is 36.8 Å². The first kappa shape index (κ1) is 23.1. The lowest BCUT2D eigenvalue weighted by Gasteiger charge is -2.09. The van der Waals surface area contributed by atoms with Crippen molar-refractivity contribution in [3.8, 4) is 23.0 Å². The fraction of sp³-hybridized carbons (Fsp3) is 0.214. The topological polar surface area (TPSA) is 73.6 Å². The third-order valence-electron chi connectivity index (χ3n) is 5.56. The van der Waals surface area contributed by atoms with Crippen LogP contribution in [-0.2, 0) is 13.0 Å². The molecule has 1 heterocycles. The lowest BCUT2D eigenvalue weighted by Crippen LogP contribution is -2.25. The first-order valence-corrected chi connectivity index (χ1v) is 11.2. The zero-order valence-corrected chi connectivity index (χ0v) is 19.6. The Bertz CT molecular complexity index is 1240. The van der Waals surface area contributed by atoms with Gasteiger partial charge in [-0.3, -0.25) is 4.79 Å². The number of hydrogen-bond acceptors (Lipinski definition) is 5. The van der Waals surface area contributed by atoms with Crippen LogP contribution in [0.15, 0.2) is 77.2 Å². The van der Waals surface area contributed by atoms with Crippen LogP contribution >= 0.6 is 0 Å². The molecule has 0 radical (unpaired) electrons. The van der Waals surface area contributed by atoms with E-state index < -0.39 is 0 Å². The van der Waals surface area contributed by atoms with E-state index >= 15 is 0 Å². The Hall–Kier alpha value is -4.06. The van der Waals surface area contributed by atoms with Crippen LogP contribution in [0.2, 0.25) is 0 Å². The molecule has 0 bridgehead atoms. The third kappa shape index (κ3) is 5.64. The molecule has 0 saturated carbocycles. The molecule has 1 aromatic heterocycles. The summed E-state index contributed by atoms with van der Waals surface area (Å²) in [5, 5.41) is 2.96. The van der Waals surface area contributed by atoms with Crippen molar-refractivity contribution < 1.29 is 18.7 Å². The standard InChI is InChI=1S/C28H28N2O4/c1-19-8-14-24(15-9-19)33-18-25-20(2)34-28(30-25)23-12-10-22(11-13-23)27(31)29-17-16-21-6-4-5-7-26(21)32-3/h4-15H,16-18H2,1-3H3,(H,29,31). The average molecular weight is 457 g/mol. The Kier molecular flexibility index (Phi) is 7.28. The van der Waals surface area contributed by atoms with Gasteiger partial charge in [0.15, 0.2) is 0 Å². The highest BCUT2D eigenvalue weighted by molar-refractivity contribution is 5.94. The highest BCUT2D eigenvalue weighted by Gasteiger charge is 2.13. The molecule has 0 saturated heterocycles. The molecule has 1 N–H and O–H groups in total. The highest BCUT2D eigenvalue weighted by Crippen LogP contribution is 2.24. The number of hydrogen-bond donors (Lipinski definition) is 1. The van der Waals surface area contributed by atoms with E-state index in [1.807, 2.05) is 74.5 Å². The number of methoxy groups -OCH3 is 1. The molecule has 6 nitrogen and oxygen atoms in total. The summed E-state index contributed by atoms with van der Waals surface area (Å²) < 4.78 is 17.0. The van der Waals surface area contributed by atoms with Gasteiger partial charge >= 0.3 is 0 Å². The SMILES string of the molecule is COc1ccccc1CCNC(=O)c1ccc(-c2nc(COc3ccc(C)cc3)c(C)o2)cc1. The first-order valence-electron chi connectivity index (χ1n) is 11.2. The summed E-state index contributed by atoms with van der Waals surface area (Å²) in [7, 11) is 1.65. The molecule has 0 aliphatic heterocycles. The molecule has 0 fully saturated rings. The summed E-state index contributed by atoms with van der Waals surface area (Å²) in [6.07, 6.45) is 0.691. The molecule has 0 unspecified atom stereocenters. The summed E-state index contributed by atoms with van der Waals surface area (Å²) in [5.41, 5.74) is 4.36. The Morgan fingerprint density at radius 3 is 2.44 bits per heavy atom. The molecule has 0 aliphatic carbocycles. The van der Waals surface area contributed by atoms with Crippen molar-refractivity contribution in [2.24, 2.45) is 0 Å². The fourth-order valence-corrected chi connectivity index (χ4v) is 3.56. The Balaban J connectivity index is 1.34. The molecule has 4 aromatic rings. The van der Waals surface area contributed by atoms with E-state index in [1.165, 1.54) is 5.56 Å². The van der Waals surface area contributed by atoms with Gasteiger partial charge in [-0.2, -0.15) is 0 Å². The van der Waals surface area contributed by atoms with Gasteiger partial charge < -0.3 is 19.2 Å². The van der Waals surface area contributed by atoms with Gasteiger partial charge in [-0.1, -0.05) is 35.9 Å². The lowest BCUT2D eigenvalue weighted by molar-refractivity contribution is 0.0954. The Morgan fingerprint density at radius 1 is 0.971 bits per heavy atom. The van der Waals surface area contributed by atoms with E-state index in [0.717, 1.165) is 28.3 Å². The van der Waals surface area contributed by atoms with Crippen molar-refractivity contribution in [3.63, 3.8) is 0 Å². The largest absolute Gasteiger partial charge is 0.496 e. The number of ether oxygens (including phenoxy) is 2. The van der Waals surface area contributed by atoms with Gasteiger partial charge in [-0.05, 0) is 68.3 Å². The number of aryl methyl sites for hydroxylation is 2. The van der Waals surface area contributed by atoms with Gasteiger partial charge in [-0.25, -0.2) is 4.98 Å². The third-order valence-corrected chi connectivity index (χ3v) is 5.56. The molecule has 174 valence electrons. The monoisotopic (exact) mass is 456 g/mol. The van der Waals surface area contributed by atoms with Crippen molar-refractivity contribution in [3.05, 3.63) is 101 Å². The second-order valence-electron chi connectivity index (χ2n) is 8.02. The molecule has 6 heteroatoms. The lowest BCUT2D eigenvalue weighted by atomic mass is 10.1. The van der Waals surface area contributed by atoms with E-state index in [2.05, 4.69) is 10.3 Å². The summed E-state index contributed by atoms with van der Waals surface area (Å²) in [6.45, 7) is 4.75. The van der Waals surface area contributed by atoms with Crippen molar-refractivity contribution >= 4 is 5.91 Å². The maximum absolute atomic E-state index is 12.5. The number of para-hydroxylation sites is 1. The van der Waals surface area contributed by atoms with Crippen LogP contribution in [0.3, 0.4) is 0 Å². The van der Waals surface area contributed by atoms with Crippen LogP contribution < -0.4 is 14.8 Å². The summed E-state index contributed by atoms with van der Waals surface area (Å²) in [5.74, 6) is 2.70. The molecule has 0 aliphatic rings. The predicted molar refractivity (Wildman–Crippen MR) is 131 cm³/mol. The van der Waals surface area contributed by atoms with Crippen LogP contribution in [0.4, 0.5) is 0 Å². The van der Waals surface area contributed by atoms with Gasteiger partial charge in [0.25, 0.3) is 5.91 Å². The molecule has 0 atom stereocenters. The maximum Gasteiger partial charge on any atom is 0.251 e. The Morgan fingerprint density at radius 2 is 1.71 bits per heavy atom. The van der Waals surface area contributed by atoms with Crippen LogP contribution in [-0.4, -0.2) is 24.5 Å². The van der Waals surface area contributed by atoms with Crippen molar-refractivity contribution in [2.75, 3.05) is 13.7 Å². The van der Waals surface area contributed by atoms with E-state index in [4.69, 9.17) is 13.9 Å². The smallest absolute Gasteiger partial charge is 0.251 e. The van der Waals surface area contributed by atoms with E-state index in [1.54, 1.807) is 19.2 Å². The number of amides is 1. The van der Waals surface area contributed by atoms with Gasteiger partial charge in [0, 0.05) is 17.7 Å². The van der Waals surface area contributed by atoms with Gasteiger partial charge in [0.1, 0.15) is 29.6 Å². The maximum atomic E-state index is 12.5. The molecule has 1 amide bonds. The second-order valence-corrected chi connectivity index (χ2v) is 8.02. The average Bonchev–Trinajstić information content (AvgIpc) is 3.24. The number of aromatic nitrogens is 1. The van der Waals surface area contributed by atoms with E-state index in [9.17, 15) is 4.79 Å². The van der Waals surface area contributed by atoms with Crippen LogP contribution in [0.25, 0.3) is 11.5 Å². The first-order chi connectivity index (χ1) is 16.5. The molecular formula is C28H28N2O4. The van der Waals surface area contributed by atoms with E-state index in [-0.39, 0.29) is 5.91 Å². The Labute approximate surface area is 199 Å². The number of benzene rings is 3. The second kappa shape index (κ2) is 10.7. The van der Waals surface area contributed by atoms with Crippen molar-refractivity contribution in [1.82, 2.24) is 10.3 Å². The normalized spacial score (nSPS) is 10.7. The summed E-state index contributed by atoms with van der Waals surface area (Å²) >= 11 is 0. The number of rotatable bonds is 9. The van der Waals surface area contributed by atoms with Crippen LogP contribution in [0, 0.1) is 13.8 Å². The van der Waals surface area contributed by atoms with Gasteiger partial charge in [0.05, 0.1) is 7.11 Å². The molecule has 3 aromatic carbocycles. The number of carbonyl (C=O) groups is 1. The van der Waals surface area contributed by atoms with Gasteiger partial charge in [0.2, 0.25) is 5.89 Å².